The maximum Gasteiger partial charge on any atom is 0.0443 e. The second-order valence-electron chi connectivity index (χ2n) is 9.70. The Balaban J connectivity index is 0.00000225. The maximum absolute atomic E-state index is 6.66. The molecule has 2 aliphatic carbocycles. The van der Waals surface area contributed by atoms with Gasteiger partial charge in [0.1, 0.15) is 0 Å². The lowest BCUT2D eigenvalue weighted by atomic mass is 9.68. The number of hydrogen-bond acceptors (Lipinski definition) is 1. The molecular formula is C25H39Cl2N. The Bertz CT molecular complexity index is 593. The highest BCUT2D eigenvalue weighted by molar-refractivity contribution is 6.31. The van der Waals surface area contributed by atoms with E-state index < -0.39 is 0 Å². The summed E-state index contributed by atoms with van der Waals surface area (Å²) >= 11 is 6.66. The summed E-state index contributed by atoms with van der Waals surface area (Å²) in [5.74, 6) is 0.709. The first-order valence-corrected chi connectivity index (χ1v) is 12.1. The highest BCUT2D eigenvalue weighted by Gasteiger charge is 2.35. The number of rotatable bonds is 5. The second kappa shape index (κ2) is 10.7. The van der Waals surface area contributed by atoms with Crippen LogP contribution in [0.2, 0.25) is 5.02 Å². The van der Waals surface area contributed by atoms with Gasteiger partial charge in [-0.1, -0.05) is 62.3 Å². The van der Waals surface area contributed by atoms with Gasteiger partial charge in [0.25, 0.3) is 0 Å². The van der Waals surface area contributed by atoms with Crippen molar-refractivity contribution < 1.29 is 0 Å². The van der Waals surface area contributed by atoms with Crippen molar-refractivity contribution in [2.45, 2.75) is 95.8 Å². The van der Waals surface area contributed by atoms with Crippen LogP contribution in [-0.2, 0) is 6.42 Å². The number of halogens is 2. The highest BCUT2D eigenvalue weighted by atomic mass is 35.5. The molecule has 2 saturated carbocycles. The van der Waals surface area contributed by atoms with Gasteiger partial charge in [0.2, 0.25) is 0 Å². The van der Waals surface area contributed by atoms with Gasteiger partial charge in [-0.15, -0.1) is 12.4 Å². The van der Waals surface area contributed by atoms with E-state index in [0.29, 0.717) is 5.92 Å². The average molecular weight is 425 g/mol. The topological polar surface area (TPSA) is 3.24 Å². The Morgan fingerprint density at radius 3 is 2.25 bits per heavy atom. The molecule has 3 aliphatic rings. The zero-order valence-corrected chi connectivity index (χ0v) is 19.1. The highest BCUT2D eigenvalue weighted by Crippen LogP contribution is 2.44. The van der Waals surface area contributed by atoms with Crippen LogP contribution < -0.4 is 0 Å². The van der Waals surface area contributed by atoms with Crippen LogP contribution >= 0.6 is 24.0 Å². The number of benzene rings is 1. The lowest BCUT2D eigenvalue weighted by molar-refractivity contribution is 0.0674. The molecule has 0 amide bonds. The van der Waals surface area contributed by atoms with Gasteiger partial charge in [0.15, 0.2) is 0 Å². The van der Waals surface area contributed by atoms with Crippen LogP contribution in [-0.4, -0.2) is 24.5 Å². The minimum atomic E-state index is 0. The van der Waals surface area contributed by atoms with Crippen LogP contribution in [0.1, 0.15) is 101 Å². The van der Waals surface area contributed by atoms with E-state index in [-0.39, 0.29) is 12.4 Å². The Hall–Kier alpha value is -0.240. The van der Waals surface area contributed by atoms with Crippen LogP contribution in [0.5, 0.6) is 0 Å². The van der Waals surface area contributed by atoms with Crippen LogP contribution in [0.4, 0.5) is 0 Å². The maximum atomic E-state index is 6.66. The molecule has 1 spiro atoms. The monoisotopic (exact) mass is 423 g/mol. The average Bonchev–Trinajstić information content (AvgIpc) is 2.71. The third kappa shape index (κ3) is 5.67. The van der Waals surface area contributed by atoms with Crippen LogP contribution in [0.25, 0.3) is 0 Å². The first-order valence-electron chi connectivity index (χ1n) is 11.7. The first-order chi connectivity index (χ1) is 13.2. The Labute approximate surface area is 184 Å². The Kier molecular flexibility index (Phi) is 8.57. The van der Waals surface area contributed by atoms with E-state index in [9.17, 15) is 0 Å². The quantitative estimate of drug-likeness (QED) is 0.466. The van der Waals surface area contributed by atoms with Crippen molar-refractivity contribution in [1.29, 1.82) is 0 Å². The molecule has 4 rings (SSSR count). The van der Waals surface area contributed by atoms with E-state index in [1.165, 1.54) is 121 Å². The molecule has 0 radical (unpaired) electrons. The largest absolute Gasteiger partial charge is 0.303 e. The summed E-state index contributed by atoms with van der Waals surface area (Å²) < 4.78 is 0. The normalized spacial score (nSPS) is 23.5. The summed E-state index contributed by atoms with van der Waals surface area (Å²) in [5.41, 5.74) is 3.58. The molecule has 0 aromatic heterocycles. The van der Waals surface area contributed by atoms with E-state index in [1.54, 1.807) is 0 Å². The molecule has 1 saturated heterocycles. The summed E-state index contributed by atoms with van der Waals surface area (Å²) in [6, 6.07) is 6.95. The molecule has 0 bridgehead atoms. The van der Waals surface area contributed by atoms with E-state index in [1.807, 2.05) is 0 Å². The lowest BCUT2D eigenvalue weighted by Gasteiger charge is -2.44. The smallest absolute Gasteiger partial charge is 0.0443 e. The Morgan fingerprint density at radius 2 is 1.57 bits per heavy atom. The molecular weight excluding hydrogens is 385 g/mol. The molecule has 0 N–H and O–H groups in total. The van der Waals surface area contributed by atoms with E-state index in [2.05, 4.69) is 23.1 Å². The molecule has 0 unspecified atom stereocenters. The SMILES string of the molecule is Cl.Clc1cc(CCCN2CCC3(CCCCC3)CC2)ccc1C1CCCCC1. The molecule has 3 heteroatoms. The summed E-state index contributed by atoms with van der Waals surface area (Å²) in [6.45, 7) is 3.93. The summed E-state index contributed by atoms with van der Waals surface area (Å²) in [4.78, 5) is 2.72. The summed E-state index contributed by atoms with van der Waals surface area (Å²) in [5, 5.41) is 1.02. The summed E-state index contributed by atoms with van der Waals surface area (Å²) in [6.07, 6.45) is 19.6. The minimum Gasteiger partial charge on any atom is -0.303 e. The predicted molar refractivity (Wildman–Crippen MR) is 124 cm³/mol. The standard InChI is InChI=1S/C25H38ClN.ClH/c26-24-20-21(11-12-23(24)22-9-3-1-4-10-22)8-7-17-27-18-15-25(16-19-27)13-5-2-6-14-25;/h11-12,20,22H,1-10,13-19H2;1H. The Morgan fingerprint density at radius 1 is 0.893 bits per heavy atom. The number of nitrogens with zero attached hydrogens (tertiary/aromatic N) is 1. The molecule has 1 aromatic rings. The van der Waals surface area contributed by atoms with E-state index in [4.69, 9.17) is 11.6 Å². The summed E-state index contributed by atoms with van der Waals surface area (Å²) in [7, 11) is 0. The van der Waals surface area contributed by atoms with Crippen molar-refractivity contribution in [3.8, 4) is 0 Å². The third-order valence-electron chi connectivity index (χ3n) is 7.88. The lowest BCUT2D eigenvalue weighted by Crippen LogP contribution is -2.41. The molecule has 158 valence electrons. The molecule has 1 heterocycles. The van der Waals surface area contributed by atoms with Gasteiger partial charge < -0.3 is 4.90 Å². The van der Waals surface area contributed by atoms with Crippen LogP contribution in [0.15, 0.2) is 18.2 Å². The molecule has 3 fully saturated rings. The van der Waals surface area contributed by atoms with Gasteiger partial charge in [-0.3, -0.25) is 0 Å². The second-order valence-corrected chi connectivity index (χ2v) is 10.1. The van der Waals surface area contributed by atoms with Gasteiger partial charge in [0, 0.05) is 5.02 Å². The fourth-order valence-corrected chi connectivity index (χ4v) is 6.39. The van der Waals surface area contributed by atoms with Crippen molar-refractivity contribution in [1.82, 2.24) is 4.90 Å². The van der Waals surface area contributed by atoms with Crippen molar-refractivity contribution in [2.24, 2.45) is 5.41 Å². The van der Waals surface area contributed by atoms with E-state index in [0.717, 1.165) is 10.4 Å². The van der Waals surface area contributed by atoms with Crippen LogP contribution in [0.3, 0.4) is 0 Å². The number of hydrogen-bond donors (Lipinski definition) is 0. The predicted octanol–water partition coefficient (Wildman–Crippen LogP) is 7.79. The molecule has 28 heavy (non-hydrogen) atoms. The molecule has 0 atom stereocenters. The van der Waals surface area contributed by atoms with Crippen molar-refractivity contribution >= 4 is 24.0 Å². The van der Waals surface area contributed by atoms with Gasteiger partial charge in [-0.25, -0.2) is 0 Å². The van der Waals surface area contributed by atoms with Gasteiger partial charge >= 0.3 is 0 Å². The van der Waals surface area contributed by atoms with Crippen LogP contribution in [0, 0.1) is 5.41 Å². The van der Waals surface area contributed by atoms with E-state index >= 15 is 0 Å². The first kappa shape index (κ1) is 22.4. The zero-order valence-electron chi connectivity index (χ0n) is 17.6. The number of piperidine rings is 1. The molecule has 1 nitrogen and oxygen atoms in total. The fourth-order valence-electron chi connectivity index (χ4n) is 6.03. The fraction of sp³-hybridized carbons (Fsp3) is 0.760. The van der Waals surface area contributed by atoms with Gasteiger partial charge in [-0.05, 0) is 99.5 Å². The van der Waals surface area contributed by atoms with Crippen molar-refractivity contribution in [3.05, 3.63) is 34.3 Å². The van der Waals surface area contributed by atoms with Crippen molar-refractivity contribution in [3.63, 3.8) is 0 Å². The third-order valence-corrected chi connectivity index (χ3v) is 8.21. The molecule has 1 aromatic carbocycles. The number of likely N-dealkylation sites (tertiary alicyclic amines) is 1. The van der Waals surface area contributed by atoms with Gasteiger partial charge in [-0.2, -0.15) is 0 Å². The van der Waals surface area contributed by atoms with Gasteiger partial charge in [0.05, 0.1) is 0 Å². The zero-order chi connectivity index (χ0) is 18.5. The minimum absolute atomic E-state index is 0. The molecule has 1 aliphatic heterocycles. The number of aryl methyl sites for hydroxylation is 1. The van der Waals surface area contributed by atoms with Crippen molar-refractivity contribution in [2.75, 3.05) is 19.6 Å².